The fraction of sp³-hybridized carbons (Fsp3) is 0.118. The van der Waals surface area contributed by atoms with Crippen LogP contribution in [-0.2, 0) is 0 Å². The Hall–Kier alpha value is -2.75. The molecule has 3 rings (SSSR count). The van der Waals surface area contributed by atoms with E-state index in [1.54, 1.807) is 30.3 Å². The van der Waals surface area contributed by atoms with E-state index in [2.05, 4.69) is 9.97 Å². The Balaban J connectivity index is 2.13. The molecule has 0 unspecified atom stereocenters. The van der Waals surface area contributed by atoms with Gasteiger partial charge in [-0.05, 0) is 43.2 Å². The number of aryl methyl sites for hydroxylation is 2. The van der Waals surface area contributed by atoms with Gasteiger partial charge in [-0.2, -0.15) is 0 Å². The predicted molar refractivity (Wildman–Crippen MR) is 81.7 cm³/mol. The molecular weight excluding hydrogens is 264 g/mol. The highest BCUT2D eigenvalue weighted by Crippen LogP contribution is 2.13. The number of aromatic nitrogens is 2. The molecule has 4 heteroatoms. The molecule has 0 amide bonds. The molecule has 3 aromatic rings. The summed E-state index contributed by atoms with van der Waals surface area (Å²) in [6.07, 6.45) is 0. The van der Waals surface area contributed by atoms with Crippen molar-refractivity contribution in [3.8, 4) is 0 Å². The minimum absolute atomic E-state index is 0.0713. The van der Waals surface area contributed by atoms with Crippen molar-refractivity contribution in [2.45, 2.75) is 13.8 Å². The fourth-order valence-electron chi connectivity index (χ4n) is 2.21. The molecule has 0 saturated heterocycles. The second-order valence-corrected chi connectivity index (χ2v) is 5.06. The van der Waals surface area contributed by atoms with E-state index in [0.717, 1.165) is 11.1 Å². The van der Waals surface area contributed by atoms with Crippen molar-refractivity contribution in [1.82, 2.24) is 9.97 Å². The van der Waals surface area contributed by atoms with Gasteiger partial charge in [0.15, 0.2) is 5.82 Å². The Kier molecular flexibility index (Phi) is 3.14. The van der Waals surface area contributed by atoms with Crippen LogP contribution in [0.3, 0.4) is 0 Å². The molecule has 2 aromatic carbocycles. The van der Waals surface area contributed by atoms with Gasteiger partial charge < -0.3 is 4.98 Å². The summed E-state index contributed by atoms with van der Waals surface area (Å²) in [6, 6.07) is 12.4. The van der Waals surface area contributed by atoms with Gasteiger partial charge in [0.2, 0.25) is 5.78 Å². The highest BCUT2D eigenvalue weighted by atomic mass is 16.1. The number of H-pyrrole nitrogens is 1. The number of nitrogens with one attached hydrogen (secondary N) is 1. The molecule has 0 aliphatic carbocycles. The first-order valence-electron chi connectivity index (χ1n) is 6.67. The van der Waals surface area contributed by atoms with Crippen LogP contribution in [0.5, 0.6) is 0 Å². The third-order valence-corrected chi connectivity index (χ3v) is 3.60. The quantitative estimate of drug-likeness (QED) is 0.733. The highest BCUT2D eigenvalue weighted by Gasteiger charge is 2.14. The first kappa shape index (κ1) is 13.2. The van der Waals surface area contributed by atoms with Gasteiger partial charge in [0.1, 0.15) is 0 Å². The zero-order valence-corrected chi connectivity index (χ0v) is 11.8. The Morgan fingerprint density at radius 3 is 2.57 bits per heavy atom. The lowest BCUT2D eigenvalue weighted by Crippen LogP contribution is -2.16. The molecule has 1 heterocycles. The number of carbonyl (C=O) groups excluding carboxylic acids is 1. The standard InChI is InChI=1S/C17H14N2O2/c1-10-7-8-12(9-11(10)2)15(20)16-18-14-6-4-3-5-13(14)17(21)19-16/h3-9H,1-2H3,(H,18,19,21). The lowest BCUT2D eigenvalue weighted by molar-refractivity contribution is 0.102. The van der Waals surface area contributed by atoms with Crippen LogP contribution >= 0.6 is 0 Å². The first-order chi connectivity index (χ1) is 10.1. The molecule has 0 atom stereocenters. The number of aromatic amines is 1. The van der Waals surface area contributed by atoms with E-state index in [4.69, 9.17) is 0 Å². The van der Waals surface area contributed by atoms with Crippen molar-refractivity contribution in [3.05, 3.63) is 75.3 Å². The van der Waals surface area contributed by atoms with E-state index < -0.39 is 0 Å². The molecule has 0 bridgehead atoms. The number of hydrogen-bond donors (Lipinski definition) is 1. The number of fused-ring (bicyclic) bond motifs is 1. The largest absolute Gasteiger partial charge is 0.303 e. The highest BCUT2D eigenvalue weighted by molar-refractivity contribution is 6.07. The summed E-state index contributed by atoms with van der Waals surface area (Å²) >= 11 is 0. The monoisotopic (exact) mass is 278 g/mol. The van der Waals surface area contributed by atoms with Crippen molar-refractivity contribution < 1.29 is 4.79 Å². The fourth-order valence-corrected chi connectivity index (χ4v) is 2.21. The smallest absolute Gasteiger partial charge is 0.259 e. The number of para-hydroxylation sites is 1. The molecule has 4 nitrogen and oxygen atoms in total. The average Bonchev–Trinajstić information content (AvgIpc) is 2.49. The zero-order valence-electron chi connectivity index (χ0n) is 11.8. The lowest BCUT2D eigenvalue weighted by Gasteiger charge is -2.05. The van der Waals surface area contributed by atoms with E-state index in [0.29, 0.717) is 16.5 Å². The van der Waals surface area contributed by atoms with Crippen LogP contribution in [0, 0.1) is 13.8 Å². The minimum atomic E-state index is -0.298. The van der Waals surface area contributed by atoms with E-state index in [1.807, 2.05) is 26.0 Å². The molecule has 1 N–H and O–H groups in total. The van der Waals surface area contributed by atoms with Crippen molar-refractivity contribution >= 4 is 16.7 Å². The van der Waals surface area contributed by atoms with E-state index in [-0.39, 0.29) is 17.2 Å². The number of nitrogens with zero attached hydrogens (tertiary/aromatic N) is 1. The van der Waals surface area contributed by atoms with Gasteiger partial charge in [0.05, 0.1) is 10.9 Å². The van der Waals surface area contributed by atoms with E-state index in [1.165, 1.54) is 0 Å². The van der Waals surface area contributed by atoms with Crippen LogP contribution in [0.1, 0.15) is 27.3 Å². The number of hydrogen-bond acceptors (Lipinski definition) is 3. The molecule has 0 radical (unpaired) electrons. The number of rotatable bonds is 2. The summed E-state index contributed by atoms with van der Waals surface area (Å²) in [7, 11) is 0. The molecule has 1 aromatic heterocycles. The van der Waals surface area contributed by atoms with Crippen LogP contribution in [-0.4, -0.2) is 15.8 Å². The first-order valence-corrected chi connectivity index (χ1v) is 6.67. The molecule has 21 heavy (non-hydrogen) atoms. The molecule has 0 aliphatic rings. The van der Waals surface area contributed by atoms with Crippen molar-refractivity contribution in [3.63, 3.8) is 0 Å². The maximum Gasteiger partial charge on any atom is 0.259 e. The van der Waals surface area contributed by atoms with Crippen molar-refractivity contribution in [2.75, 3.05) is 0 Å². The van der Waals surface area contributed by atoms with Crippen molar-refractivity contribution in [1.29, 1.82) is 0 Å². The molecular formula is C17H14N2O2. The number of benzene rings is 2. The molecule has 104 valence electrons. The Morgan fingerprint density at radius 1 is 1.05 bits per heavy atom. The van der Waals surface area contributed by atoms with Gasteiger partial charge >= 0.3 is 0 Å². The predicted octanol–water partition coefficient (Wildman–Crippen LogP) is 2.77. The summed E-state index contributed by atoms with van der Waals surface area (Å²) in [4.78, 5) is 31.3. The summed E-state index contributed by atoms with van der Waals surface area (Å²) in [5.74, 6) is -0.206. The van der Waals surface area contributed by atoms with Gasteiger partial charge in [-0.1, -0.05) is 24.3 Å². The molecule has 0 fully saturated rings. The third-order valence-electron chi connectivity index (χ3n) is 3.60. The molecule has 0 aliphatic heterocycles. The van der Waals surface area contributed by atoms with Crippen molar-refractivity contribution in [2.24, 2.45) is 0 Å². The lowest BCUT2D eigenvalue weighted by atomic mass is 10.0. The second kappa shape index (κ2) is 4.98. The Labute approximate surface area is 121 Å². The van der Waals surface area contributed by atoms with Gasteiger partial charge in [-0.3, -0.25) is 9.59 Å². The molecule has 0 saturated carbocycles. The number of ketones is 1. The van der Waals surface area contributed by atoms with Gasteiger partial charge in [0, 0.05) is 5.56 Å². The van der Waals surface area contributed by atoms with E-state index in [9.17, 15) is 9.59 Å². The second-order valence-electron chi connectivity index (χ2n) is 5.06. The van der Waals surface area contributed by atoms with Gasteiger partial charge in [-0.25, -0.2) is 4.98 Å². The summed E-state index contributed by atoms with van der Waals surface area (Å²) in [6.45, 7) is 3.93. The minimum Gasteiger partial charge on any atom is -0.303 e. The van der Waals surface area contributed by atoms with Gasteiger partial charge in [-0.15, -0.1) is 0 Å². The van der Waals surface area contributed by atoms with Gasteiger partial charge in [0.25, 0.3) is 5.56 Å². The van der Waals surface area contributed by atoms with E-state index >= 15 is 0 Å². The third kappa shape index (κ3) is 2.36. The topological polar surface area (TPSA) is 62.8 Å². The van der Waals surface area contributed by atoms with Crippen LogP contribution in [0.25, 0.3) is 10.9 Å². The maximum atomic E-state index is 12.5. The number of carbonyl (C=O) groups is 1. The normalized spacial score (nSPS) is 10.8. The summed E-state index contributed by atoms with van der Waals surface area (Å²) in [5, 5.41) is 0.481. The van der Waals surface area contributed by atoms with Crippen LogP contribution < -0.4 is 5.56 Å². The summed E-state index contributed by atoms with van der Waals surface area (Å²) < 4.78 is 0. The summed E-state index contributed by atoms with van der Waals surface area (Å²) in [5.41, 5.74) is 2.90. The molecule has 0 spiro atoms. The van der Waals surface area contributed by atoms with Crippen LogP contribution in [0.4, 0.5) is 0 Å². The Morgan fingerprint density at radius 2 is 1.81 bits per heavy atom. The zero-order chi connectivity index (χ0) is 15.0. The maximum absolute atomic E-state index is 12.5. The van der Waals surface area contributed by atoms with Crippen LogP contribution in [0.15, 0.2) is 47.3 Å². The average molecular weight is 278 g/mol. The SMILES string of the molecule is Cc1ccc(C(=O)c2nc3ccccc3c(=O)[nH]2)cc1C. The van der Waals surface area contributed by atoms with Crippen LogP contribution in [0.2, 0.25) is 0 Å². The Bertz CT molecular complexity index is 910.